The number of aromatic amines is 1. The Bertz CT molecular complexity index is 1410. The Hall–Kier alpha value is -2.80. The van der Waals surface area contributed by atoms with Crippen LogP contribution in [0.4, 0.5) is 0 Å². The highest BCUT2D eigenvalue weighted by Gasteiger charge is 2.21. The molecule has 11 nitrogen and oxygen atoms in total. The van der Waals surface area contributed by atoms with Crippen LogP contribution in [0.1, 0.15) is 57.5 Å². The van der Waals surface area contributed by atoms with E-state index in [1.807, 2.05) is 6.92 Å². The van der Waals surface area contributed by atoms with Crippen molar-refractivity contribution in [3.05, 3.63) is 40.1 Å². The van der Waals surface area contributed by atoms with Crippen molar-refractivity contribution in [1.82, 2.24) is 29.2 Å². The molecular formula is C27H40N6O5S. The van der Waals surface area contributed by atoms with Crippen molar-refractivity contribution < 1.29 is 17.9 Å². The van der Waals surface area contributed by atoms with Crippen LogP contribution in [-0.2, 0) is 21.2 Å². The van der Waals surface area contributed by atoms with Crippen LogP contribution < -0.4 is 15.0 Å². The lowest BCUT2D eigenvalue weighted by molar-refractivity contribution is 0.0390. The normalized spacial score (nSPS) is 14.7. The van der Waals surface area contributed by atoms with Crippen LogP contribution in [0.5, 0.6) is 5.75 Å². The van der Waals surface area contributed by atoms with E-state index in [2.05, 4.69) is 26.5 Å². The van der Waals surface area contributed by atoms with E-state index in [4.69, 9.17) is 14.6 Å². The lowest BCUT2D eigenvalue weighted by Gasteiger charge is -2.26. The van der Waals surface area contributed by atoms with E-state index < -0.39 is 10.0 Å². The Morgan fingerprint density at radius 3 is 2.64 bits per heavy atom. The minimum Gasteiger partial charge on any atom is -0.493 e. The molecule has 214 valence electrons. The van der Waals surface area contributed by atoms with Gasteiger partial charge in [-0.3, -0.25) is 9.69 Å². The van der Waals surface area contributed by atoms with Crippen molar-refractivity contribution in [2.45, 2.75) is 64.2 Å². The van der Waals surface area contributed by atoms with Gasteiger partial charge in [-0.2, -0.15) is 0 Å². The van der Waals surface area contributed by atoms with E-state index in [0.717, 1.165) is 38.2 Å². The Labute approximate surface area is 230 Å². The Balaban J connectivity index is 1.62. The summed E-state index contributed by atoms with van der Waals surface area (Å²) in [5.41, 5.74) is 1.08. The quantitative estimate of drug-likeness (QED) is 0.288. The molecule has 1 aromatic carbocycles. The van der Waals surface area contributed by atoms with Gasteiger partial charge in [0.1, 0.15) is 11.6 Å². The van der Waals surface area contributed by atoms with E-state index in [9.17, 15) is 13.2 Å². The third kappa shape index (κ3) is 7.24. The molecule has 39 heavy (non-hydrogen) atoms. The first-order valence-corrected chi connectivity index (χ1v) is 15.4. The van der Waals surface area contributed by atoms with Crippen molar-refractivity contribution >= 4 is 15.5 Å². The molecule has 1 aliphatic heterocycles. The summed E-state index contributed by atoms with van der Waals surface area (Å²) in [4.78, 5) is 22.8. The van der Waals surface area contributed by atoms with Crippen LogP contribution >= 0.6 is 0 Å². The van der Waals surface area contributed by atoms with Crippen LogP contribution in [0, 0.1) is 6.92 Å². The largest absolute Gasteiger partial charge is 0.493 e. The molecule has 1 fully saturated rings. The maximum atomic E-state index is 13.2. The fraction of sp³-hybridized carbons (Fsp3) is 0.593. The number of hydrogen-bond acceptors (Lipinski definition) is 8. The lowest BCUT2D eigenvalue weighted by Crippen LogP contribution is -2.41. The first kappa shape index (κ1) is 29.2. The van der Waals surface area contributed by atoms with E-state index in [-0.39, 0.29) is 22.8 Å². The molecule has 0 spiro atoms. The number of morpholine rings is 1. The van der Waals surface area contributed by atoms with Crippen molar-refractivity contribution in [3.63, 3.8) is 0 Å². The molecule has 0 aliphatic carbocycles. The SMILES string of the molecule is CCCCCCCc1nc(C)c2c(=O)[nH]c(-c3cc(S(=O)(=O)NCCN4CCOCC4)ccc3OCC)nn12. The summed E-state index contributed by atoms with van der Waals surface area (Å²) < 4.78 is 41.7. The van der Waals surface area contributed by atoms with Gasteiger partial charge in [0.15, 0.2) is 11.3 Å². The molecule has 2 N–H and O–H groups in total. The molecule has 0 amide bonds. The Kier molecular flexibility index (Phi) is 10.1. The first-order valence-electron chi connectivity index (χ1n) is 13.9. The maximum Gasteiger partial charge on any atom is 0.277 e. The number of ether oxygens (including phenoxy) is 2. The molecule has 0 bridgehead atoms. The van der Waals surface area contributed by atoms with Gasteiger partial charge in [-0.25, -0.2) is 22.6 Å². The highest BCUT2D eigenvalue weighted by atomic mass is 32.2. The number of benzene rings is 1. The predicted octanol–water partition coefficient (Wildman–Crippen LogP) is 2.92. The number of hydrogen-bond donors (Lipinski definition) is 2. The molecule has 4 rings (SSSR count). The van der Waals surface area contributed by atoms with Gasteiger partial charge in [0.25, 0.3) is 5.56 Å². The molecule has 3 heterocycles. The smallest absolute Gasteiger partial charge is 0.277 e. The summed E-state index contributed by atoms with van der Waals surface area (Å²) in [5, 5.41) is 4.72. The summed E-state index contributed by atoms with van der Waals surface area (Å²) in [6.07, 6.45) is 6.28. The predicted molar refractivity (Wildman–Crippen MR) is 150 cm³/mol. The maximum absolute atomic E-state index is 13.2. The standard InChI is InChI=1S/C27H40N6O5S/c1-4-6-7-8-9-10-24-29-20(3)25-27(34)30-26(31-33(24)25)22-19-21(11-12-23(22)38-5-2)39(35,36)28-13-14-32-15-17-37-18-16-32/h11-12,19,28H,4-10,13-18H2,1-3H3,(H,30,31,34). The van der Waals surface area contributed by atoms with E-state index in [1.54, 1.807) is 17.5 Å². The molecule has 1 aliphatic rings. The van der Waals surface area contributed by atoms with Crippen molar-refractivity contribution in [2.24, 2.45) is 0 Å². The lowest BCUT2D eigenvalue weighted by atomic mass is 10.1. The zero-order chi connectivity index (χ0) is 27.8. The molecule has 1 saturated heterocycles. The van der Waals surface area contributed by atoms with E-state index in [1.165, 1.54) is 25.0 Å². The summed E-state index contributed by atoms with van der Waals surface area (Å²) in [6, 6.07) is 4.61. The average molecular weight is 561 g/mol. The monoisotopic (exact) mass is 560 g/mol. The Morgan fingerprint density at radius 1 is 1.13 bits per heavy atom. The van der Waals surface area contributed by atoms with Gasteiger partial charge in [-0.15, -0.1) is 5.10 Å². The number of nitrogens with zero attached hydrogens (tertiary/aromatic N) is 4. The highest BCUT2D eigenvalue weighted by Crippen LogP contribution is 2.30. The summed E-state index contributed by atoms with van der Waals surface area (Å²) in [7, 11) is -3.80. The number of imidazole rings is 1. The molecule has 0 atom stereocenters. The molecule has 3 aromatic rings. The molecule has 0 radical (unpaired) electrons. The van der Waals surface area contributed by atoms with E-state index in [0.29, 0.717) is 55.3 Å². The number of nitrogens with one attached hydrogen (secondary N) is 2. The van der Waals surface area contributed by atoms with E-state index >= 15 is 0 Å². The summed E-state index contributed by atoms with van der Waals surface area (Å²) in [6.45, 7) is 9.95. The summed E-state index contributed by atoms with van der Waals surface area (Å²) >= 11 is 0. The number of aryl methyl sites for hydroxylation is 2. The van der Waals surface area contributed by atoms with Crippen molar-refractivity contribution in [3.8, 4) is 17.1 Å². The zero-order valence-electron chi connectivity index (χ0n) is 23.2. The van der Waals surface area contributed by atoms with Crippen LogP contribution in [0.3, 0.4) is 0 Å². The number of unbranched alkanes of at least 4 members (excludes halogenated alkanes) is 4. The van der Waals surface area contributed by atoms with Gasteiger partial charge in [0.2, 0.25) is 10.0 Å². The van der Waals surface area contributed by atoms with Crippen LogP contribution in [-0.4, -0.2) is 78.9 Å². The van der Waals surface area contributed by atoms with Crippen molar-refractivity contribution in [1.29, 1.82) is 0 Å². The third-order valence-electron chi connectivity index (χ3n) is 6.89. The second-order valence-corrected chi connectivity index (χ2v) is 11.6. The average Bonchev–Trinajstić information content (AvgIpc) is 3.25. The van der Waals surface area contributed by atoms with Gasteiger partial charge in [0.05, 0.1) is 36.0 Å². The minimum atomic E-state index is -3.80. The summed E-state index contributed by atoms with van der Waals surface area (Å²) in [5.74, 6) is 1.38. The zero-order valence-corrected chi connectivity index (χ0v) is 24.0. The fourth-order valence-corrected chi connectivity index (χ4v) is 5.84. The van der Waals surface area contributed by atoms with Crippen LogP contribution in [0.25, 0.3) is 16.9 Å². The second kappa shape index (κ2) is 13.5. The van der Waals surface area contributed by atoms with Crippen LogP contribution in [0.2, 0.25) is 0 Å². The van der Waals surface area contributed by atoms with Gasteiger partial charge < -0.3 is 14.5 Å². The Morgan fingerprint density at radius 2 is 1.90 bits per heavy atom. The van der Waals surface area contributed by atoms with Gasteiger partial charge in [-0.05, 0) is 38.5 Å². The number of aromatic nitrogens is 4. The second-order valence-electron chi connectivity index (χ2n) is 9.78. The number of H-pyrrole nitrogens is 1. The van der Waals surface area contributed by atoms with Crippen molar-refractivity contribution in [2.75, 3.05) is 46.0 Å². The molecule has 12 heteroatoms. The topological polar surface area (TPSA) is 131 Å². The molecule has 0 saturated carbocycles. The number of fused-ring (bicyclic) bond motifs is 1. The van der Waals surface area contributed by atoms with Gasteiger partial charge in [-0.1, -0.05) is 32.6 Å². The number of sulfonamides is 1. The highest BCUT2D eigenvalue weighted by molar-refractivity contribution is 7.89. The first-order chi connectivity index (χ1) is 18.8. The fourth-order valence-electron chi connectivity index (χ4n) is 4.79. The van der Waals surface area contributed by atoms with Gasteiger partial charge in [0, 0.05) is 32.6 Å². The molecule has 0 unspecified atom stereocenters. The van der Waals surface area contributed by atoms with Gasteiger partial charge >= 0.3 is 0 Å². The minimum absolute atomic E-state index is 0.0728. The molecular weight excluding hydrogens is 520 g/mol. The third-order valence-corrected chi connectivity index (χ3v) is 8.35. The van der Waals surface area contributed by atoms with Crippen LogP contribution in [0.15, 0.2) is 27.9 Å². The molecule has 2 aromatic heterocycles. The number of rotatable bonds is 14.